The number of aromatic nitrogens is 2. The Kier molecular flexibility index (Phi) is 7.63. The molecular formula is C28H24N4O5. The summed E-state index contributed by atoms with van der Waals surface area (Å²) in [5.41, 5.74) is 1.44. The number of anilines is 1. The van der Waals surface area contributed by atoms with E-state index in [-0.39, 0.29) is 17.9 Å². The lowest BCUT2D eigenvalue weighted by Gasteiger charge is -2.24. The third-order valence-corrected chi connectivity index (χ3v) is 5.71. The number of carbonyl (C=O) groups excluding carboxylic acids is 3. The van der Waals surface area contributed by atoms with E-state index < -0.39 is 36.5 Å². The fourth-order valence-corrected chi connectivity index (χ4v) is 3.90. The lowest BCUT2D eigenvalue weighted by Crippen LogP contribution is -2.34. The predicted molar refractivity (Wildman–Crippen MR) is 137 cm³/mol. The van der Waals surface area contributed by atoms with E-state index in [9.17, 15) is 19.2 Å². The molecule has 37 heavy (non-hydrogen) atoms. The largest absolute Gasteiger partial charge is 0.480 e. The van der Waals surface area contributed by atoms with Gasteiger partial charge in [-0.05, 0) is 46.7 Å². The number of rotatable bonds is 9. The third kappa shape index (κ3) is 6.21. The minimum absolute atomic E-state index is 0.0549. The van der Waals surface area contributed by atoms with Crippen molar-refractivity contribution in [1.82, 2.24) is 14.9 Å². The Morgan fingerprint density at radius 1 is 0.838 bits per heavy atom. The number of fused-ring (bicyclic) bond motifs is 1. The first-order valence-electron chi connectivity index (χ1n) is 11.5. The summed E-state index contributed by atoms with van der Waals surface area (Å²) in [6.45, 7) is -0.316. The lowest BCUT2D eigenvalue weighted by molar-refractivity contribution is -0.137. The standard InChI is InChI=1S/C28H24N4O5/c1-31(18-26(35)36)28(37)22-8-4-9-23(15-22)32(25(34)16-24(33)27-29-12-5-13-30-27)17-19-10-11-20-6-2-3-7-21(20)14-19/h2-15H,16-18H2,1H3,(H,35,36). The van der Waals surface area contributed by atoms with Gasteiger partial charge in [0.15, 0.2) is 5.82 Å². The Bertz CT molecular complexity index is 1470. The Balaban J connectivity index is 1.66. The number of benzene rings is 3. The van der Waals surface area contributed by atoms with Crippen LogP contribution in [-0.4, -0.2) is 57.1 Å². The molecule has 0 radical (unpaired) electrons. The second kappa shape index (κ2) is 11.2. The molecule has 0 atom stereocenters. The van der Waals surface area contributed by atoms with E-state index in [1.807, 2.05) is 42.5 Å². The van der Waals surface area contributed by atoms with Crippen molar-refractivity contribution in [2.45, 2.75) is 13.0 Å². The van der Waals surface area contributed by atoms with Gasteiger partial charge < -0.3 is 14.9 Å². The van der Waals surface area contributed by atoms with Crippen molar-refractivity contribution in [2.24, 2.45) is 0 Å². The maximum absolute atomic E-state index is 13.4. The van der Waals surface area contributed by atoms with Crippen LogP contribution in [0.2, 0.25) is 0 Å². The Hall–Kier alpha value is -4.92. The molecular weight excluding hydrogens is 472 g/mol. The van der Waals surface area contributed by atoms with Crippen LogP contribution in [-0.2, 0) is 16.1 Å². The van der Waals surface area contributed by atoms with Crippen molar-refractivity contribution in [1.29, 1.82) is 0 Å². The summed E-state index contributed by atoms with van der Waals surface area (Å²) in [6.07, 6.45) is 2.40. The van der Waals surface area contributed by atoms with Gasteiger partial charge in [-0.15, -0.1) is 0 Å². The van der Waals surface area contributed by atoms with Crippen LogP contribution in [0.5, 0.6) is 0 Å². The van der Waals surface area contributed by atoms with E-state index in [1.54, 1.807) is 24.3 Å². The summed E-state index contributed by atoms with van der Waals surface area (Å²) in [5.74, 6) is -2.71. The molecule has 0 saturated carbocycles. The second-order valence-corrected chi connectivity index (χ2v) is 8.44. The molecule has 0 aliphatic carbocycles. The lowest BCUT2D eigenvalue weighted by atomic mass is 10.1. The summed E-state index contributed by atoms with van der Waals surface area (Å²) in [5, 5.41) is 11.1. The molecule has 4 rings (SSSR count). The average molecular weight is 497 g/mol. The van der Waals surface area contributed by atoms with Crippen LogP contribution in [0.4, 0.5) is 5.69 Å². The number of Topliss-reactive ketones (excluding diaryl/α,β-unsaturated/α-hetero) is 1. The van der Waals surface area contributed by atoms with Crippen LogP contribution < -0.4 is 4.90 Å². The molecule has 186 valence electrons. The number of carboxylic acids is 1. The van der Waals surface area contributed by atoms with E-state index in [4.69, 9.17) is 5.11 Å². The van der Waals surface area contributed by atoms with Gasteiger partial charge in [-0.25, -0.2) is 9.97 Å². The van der Waals surface area contributed by atoms with E-state index in [1.165, 1.54) is 30.4 Å². The van der Waals surface area contributed by atoms with Gasteiger partial charge in [0.2, 0.25) is 11.7 Å². The van der Waals surface area contributed by atoms with Crippen molar-refractivity contribution in [3.8, 4) is 0 Å². The highest BCUT2D eigenvalue weighted by molar-refractivity contribution is 6.10. The van der Waals surface area contributed by atoms with Gasteiger partial charge >= 0.3 is 5.97 Å². The van der Waals surface area contributed by atoms with Crippen molar-refractivity contribution >= 4 is 40.0 Å². The van der Waals surface area contributed by atoms with Crippen LogP contribution >= 0.6 is 0 Å². The highest BCUT2D eigenvalue weighted by Crippen LogP contribution is 2.23. The third-order valence-electron chi connectivity index (χ3n) is 5.71. The summed E-state index contributed by atoms with van der Waals surface area (Å²) in [4.78, 5) is 60.3. The summed E-state index contributed by atoms with van der Waals surface area (Å²) in [6, 6.07) is 21.6. The zero-order chi connectivity index (χ0) is 26.4. The second-order valence-electron chi connectivity index (χ2n) is 8.44. The molecule has 0 unspecified atom stereocenters. The molecule has 0 saturated heterocycles. The van der Waals surface area contributed by atoms with Gasteiger partial charge in [-0.2, -0.15) is 0 Å². The number of aliphatic carboxylic acids is 1. The van der Waals surface area contributed by atoms with Crippen molar-refractivity contribution in [2.75, 3.05) is 18.5 Å². The van der Waals surface area contributed by atoms with Crippen LogP contribution in [0.1, 0.15) is 33.0 Å². The zero-order valence-electron chi connectivity index (χ0n) is 20.1. The van der Waals surface area contributed by atoms with Crippen LogP contribution in [0.25, 0.3) is 10.8 Å². The zero-order valence-corrected chi connectivity index (χ0v) is 20.1. The normalized spacial score (nSPS) is 10.6. The molecule has 2 amide bonds. The molecule has 9 heteroatoms. The van der Waals surface area contributed by atoms with Gasteiger partial charge in [0.25, 0.3) is 5.91 Å². The Labute approximate surface area is 213 Å². The molecule has 1 N–H and O–H groups in total. The quantitative estimate of drug-likeness (QED) is 0.278. The number of hydrogen-bond donors (Lipinski definition) is 1. The highest BCUT2D eigenvalue weighted by Gasteiger charge is 2.23. The summed E-state index contributed by atoms with van der Waals surface area (Å²) >= 11 is 0. The molecule has 0 fully saturated rings. The topological polar surface area (TPSA) is 121 Å². The molecule has 0 spiro atoms. The minimum Gasteiger partial charge on any atom is -0.480 e. The Morgan fingerprint density at radius 3 is 2.30 bits per heavy atom. The number of nitrogens with zero attached hydrogens (tertiary/aromatic N) is 4. The van der Waals surface area contributed by atoms with E-state index in [2.05, 4.69) is 9.97 Å². The molecule has 1 aromatic heterocycles. The van der Waals surface area contributed by atoms with E-state index in [0.29, 0.717) is 5.69 Å². The van der Waals surface area contributed by atoms with Crippen LogP contribution in [0.3, 0.4) is 0 Å². The van der Waals surface area contributed by atoms with Gasteiger partial charge in [-0.3, -0.25) is 19.2 Å². The maximum atomic E-state index is 13.4. The van der Waals surface area contributed by atoms with E-state index >= 15 is 0 Å². The van der Waals surface area contributed by atoms with Crippen LogP contribution in [0, 0.1) is 0 Å². The number of amides is 2. The monoisotopic (exact) mass is 496 g/mol. The highest BCUT2D eigenvalue weighted by atomic mass is 16.4. The van der Waals surface area contributed by atoms with Crippen LogP contribution in [0.15, 0.2) is 85.2 Å². The van der Waals surface area contributed by atoms with Crippen molar-refractivity contribution in [3.05, 3.63) is 102 Å². The molecule has 0 bridgehead atoms. The van der Waals surface area contributed by atoms with E-state index in [0.717, 1.165) is 21.2 Å². The van der Waals surface area contributed by atoms with Crippen molar-refractivity contribution < 1.29 is 24.3 Å². The number of likely N-dealkylation sites (N-methyl/N-ethyl adjacent to an activating group) is 1. The number of hydrogen-bond acceptors (Lipinski definition) is 6. The number of ketones is 1. The first kappa shape index (κ1) is 25.2. The Morgan fingerprint density at radius 2 is 1.57 bits per heavy atom. The number of carbonyl (C=O) groups is 4. The molecule has 0 aliphatic heterocycles. The first-order chi connectivity index (χ1) is 17.8. The minimum atomic E-state index is -1.14. The number of carboxylic acid groups (broad SMARTS) is 1. The molecule has 1 heterocycles. The average Bonchev–Trinajstić information content (AvgIpc) is 2.91. The molecule has 4 aromatic rings. The first-order valence-corrected chi connectivity index (χ1v) is 11.5. The van der Waals surface area contributed by atoms with Gasteiger partial charge in [0, 0.05) is 30.7 Å². The predicted octanol–water partition coefficient (Wildman–Crippen LogP) is 3.59. The molecule has 9 nitrogen and oxygen atoms in total. The smallest absolute Gasteiger partial charge is 0.323 e. The van der Waals surface area contributed by atoms with Gasteiger partial charge in [0.1, 0.15) is 6.54 Å². The van der Waals surface area contributed by atoms with Crippen molar-refractivity contribution in [3.63, 3.8) is 0 Å². The fraction of sp³-hybridized carbons (Fsp3) is 0.143. The molecule has 0 aliphatic rings. The van der Waals surface area contributed by atoms with Gasteiger partial charge in [0.05, 0.1) is 13.0 Å². The summed E-state index contributed by atoms with van der Waals surface area (Å²) < 4.78 is 0. The summed E-state index contributed by atoms with van der Waals surface area (Å²) in [7, 11) is 1.39. The SMILES string of the molecule is CN(CC(=O)O)C(=O)c1cccc(N(Cc2ccc3ccccc3c2)C(=O)CC(=O)c2ncccn2)c1. The fourth-order valence-electron chi connectivity index (χ4n) is 3.90. The van der Waals surface area contributed by atoms with Gasteiger partial charge in [-0.1, -0.05) is 42.5 Å². The molecule has 3 aromatic carbocycles. The maximum Gasteiger partial charge on any atom is 0.323 e.